The van der Waals surface area contributed by atoms with Gasteiger partial charge in [-0.05, 0) is 51.4 Å². The van der Waals surface area contributed by atoms with E-state index in [9.17, 15) is 19.2 Å². The van der Waals surface area contributed by atoms with Gasteiger partial charge in [0.05, 0.1) is 12.1 Å². The summed E-state index contributed by atoms with van der Waals surface area (Å²) in [6.45, 7) is 9.88. The van der Waals surface area contributed by atoms with Crippen molar-refractivity contribution < 1.29 is 19.2 Å². The van der Waals surface area contributed by atoms with Gasteiger partial charge in [0, 0.05) is 38.8 Å². The lowest BCUT2D eigenvalue weighted by Gasteiger charge is -2.17. The smallest absolute Gasteiger partial charge is 0.220 e. The number of nitrogens with zero attached hydrogens (tertiary/aromatic N) is 2. The molecular formula is C56H112N8O4. The lowest BCUT2D eigenvalue weighted by Crippen LogP contribution is -2.40. The monoisotopic (exact) mass is 961 g/mol. The number of carbonyl (C=O) groups excluding carboxylic acids is 4. The molecule has 2 atom stereocenters. The average Bonchev–Trinajstić information content (AvgIpc) is 3.31. The van der Waals surface area contributed by atoms with E-state index in [1.807, 2.05) is 0 Å². The fourth-order valence-corrected chi connectivity index (χ4v) is 8.57. The van der Waals surface area contributed by atoms with Crippen LogP contribution in [0.5, 0.6) is 0 Å². The number of nitrogens with two attached hydrogens (primary N) is 4. The molecule has 0 aliphatic heterocycles. The predicted molar refractivity (Wildman–Crippen MR) is 292 cm³/mol. The molecule has 0 spiro atoms. The molecule has 0 bridgehead atoms. The van der Waals surface area contributed by atoms with Gasteiger partial charge in [-0.1, -0.05) is 220 Å². The summed E-state index contributed by atoms with van der Waals surface area (Å²) in [5, 5.41) is 6.00. The maximum Gasteiger partial charge on any atom is 0.220 e. The van der Waals surface area contributed by atoms with Crippen molar-refractivity contribution in [1.82, 2.24) is 10.6 Å². The van der Waals surface area contributed by atoms with Crippen molar-refractivity contribution >= 4 is 35.3 Å². The fourth-order valence-electron chi connectivity index (χ4n) is 8.57. The van der Waals surface area contributed by atoms with Gasteiger partial charge in [0.15, 0.2) is 23.5 Å². The SMILES string of the molecule is CCCCCCCCCCCCC(=O)C(CCCN=C(N)N)NC(=O)CCCCCCC.CCCCCCCCCCCCC(=O)C(CCCN=C(N)N)NC(=O)CCCCCCCCCCC. The molecule has 0 saturated heterocycles. The first-order valence-corrected chi connectivity index (χ1v) is 28.8. The highest BCUT2D eigenvalue weighted by Gasteiger charge is 2.21. The normalized spacial score (nSPS) is 11.8. The van der Waals surface area contributed by atoms with E-state index in [0.29, 0.717) is 64.5 Å². The van der Waals surface area contributed by atoms with E-state index < -0.39 is 12.1 Å². The Hall–Kier alpha value is -3.18. The minimum atomic E-state index is -0.413. The van der Waals surface area contributed by atoms with Gasteiger partial charge in [0.2, 0.25) is 11.8 Å². The molecule has 0 aliphatic rings. The van der Waals surface area contributed by atoms with E-state index in [2.05, 4.69) is 48.3 Å². The Morgan fingerprint density at radius 2 is 0.544 bits per heavy atom. The Bertz CT molecular complexity index is 1220. The Labute approximate surface area is 419 Å². The summed E-state index contributed by atoms with van der Waals surface area (Å²) in [6.07, 6.45) is 46.1. The molecule has 0 aromatic carbocycles. The highest BCUT2D eigenvalue weighted by atomic mass is 16.2. The third-order valence-electron chi connectivity index (χ3n) is 12.9. The van der Waals surface area contributed by atoms with Gasteiger partial charge in [-0.15, -0.1) is 0 Å². The first-order valence-electron chi connectivity index (χ1n) is 28.8. The average molecular weight is 962 g/mol. The molecule has 0 aliphatic carbocycles. The number of carbonyl (C=O) groups is 4. The van der Waals surface area contributed by atoms with Crippen LogP contribution in [0.1, 0.15) is 297 Å². The number of amides is 2. The van der Waals surface area contributed by atoms with Gasteiger partial charge in [-0.3, -0.25) is 29.2 Å². The molecular weight excluding hydrogens is 849 g/mol. The third-order valence-corrected chi connectivity index (χ3v) is 12.9. The molecule has 2 unspecified atom stereocenters. The molecule has 0 aromatic heterocycles. The van der Waals surface area contributed by atoms with Gasteiger partial charge >= 0.3 is 0 Å². The van der Waals surface area contributed by atoms with Crippen LogP contribution in [0.2, 0.25) is 0 Å². The fraction of sp³-hybridized carbons (Fsp3) is 0.893. The summed E-state index contributed by atoms with van der Waals surface area (Å²) < 4.78 is 0. The van der Waals surface area contributed by atoms with Crippen molar-refractivity contribution in [2.24, 2.45) is 32.9 Å². The third kappa shape index (κ3) is 50.7. The highest BCUT2D eigenvalue weighted by molar-refractivity contribution is 5.89. The number of hydrogen-bond acceptors (Lipinski definition) is 6. The first-order chi connectivity index (χ1) is 33.0. The number of ketones is 2. The van der Waals surface area contributed by atoms with Crippen molar-refractivity contribution in [3.8, 4) is 0 Å². The molecule has 0 rings (SSSR count). The summed E-state index contributed by atoms with van der Waals surface area (Å²) >= 11 is 0. The quantitative estimate of drug-likeness (QED) is 0.0195. The summed E-state index contributed by atoms with van der Waals surface area (Å²) in [4.78, 5) is 58.5. The molecule has 10 N–H and O–H groups in total. The molecule has 0 radical (unpaired) electrons. The second-order valence-electron chi connectivity index (χ2n) is 19.7. The summed E-state index contributed by atoms with van der Waals surface area (Å²) in [5.74, 6) is 0.422. The molecule has 0 heterocycles. The molecule has 400 valence electrons. The Morgan fingerprint density at radius 1 is 0.324 bits per heavy atom. The van der Waals surface area contributed by atoms with Crippen molar-refractivity contribution in [2.45, 2.75) is 309 Å². The standard InChI is InChI=1S/C30H60N4O2.C26H52N4O2/c1-3-5-7-9-11-13-15-16-18-20-24-28(35)27(23-22-26-33-30(31)32)34-29(36)25-21-19-17-14-12-10-8-6-4-2;1-3-5-7-9-10-11-12-13-15-16-20-24(31)23(19-18-22-29-26(27)28)30-25(32)21-17-14-8-6-4-2/h27H,3-26H2,1-2H3,(H,34,36)(H4,31,32,33);23H,3-22H2,1-2H3,(H,30,32)(H4,27,28,29). The highest BCUT2D eigenvalue weighted by Crippen LogP contribution is 2.16. The van der Waals surface area contributed by atoms with Gasteiger partial charge in [-0.25, -0.2) is 0 Å². The molecule has 68 heavy (non-hydrogen) atoms. The minimum Gasteiger partial charge on any atom is -0.370 e. The maximum absolute atomic E-state index is 12.9. The van der Waals surface area contributed by atoms with Crippen LogP contribution >= 0.6 is 0 Å². The number of hydrogen-bond donors (Lipinski definition) is 6. The lowest BCUT2D eigenvalue weighted by atomic mass is 9.99. The second-order valence-corrected chi connectivity index (χ2v) is 19.7. The first kappa shape index (κ1) is 66.9. The zero-order valence-electron chi connectivity index (χ0n) is 45.1. The van der Waals surface area contributed by atoms with Crippen LogP contribution in [-0.2, 0) is 19.2 Å². The topological polar surface area (TPSA) is 221 Å². The van der Waals surface area contributed by atoms with Crippen LogP contribution in [0.4, 0.5) is 0 Å². The molecule has 0 aromatic rings. The molecule has 0 saturated carbocycles. The Kier molecular flexibility index (Phi) is 52.3. The predicted octanol–water partition coefficient (Wildman–Crippen LogP) is 13.1. The van der Waals surface area contributed by atoms with E-state index in [-0.39, 0.29) is 35.3 Å². The van der Waals surface area contributed by atoms with Crippen molar-refractivity contribution in [1.29, 1.82) is 0 Å². The number of nitrogens with one attached hydrogen (secondary N) is 2. The van der Waals surface area contributed by atoms with Gasteiger partial charge < -0.3 is 33.6 Å². The number of unbranched alkanes of at least 4 members (excludes halogenated alkanes) is 30. The molecule has 2 amide bonds. The molecule has 0 fully saturated rings. The van der Waals surface area contributed by atoms with E-state index in [4.69, 9.17) is 22.9 Å². The Balaban J connectivity index is 0. The van der Waals surface area contributed by atoms with Crippen LogP contribution in [0.25, 0.3) is 0 Å². The molecule has 12 nitrogen and oxygen atoms in total. The van der Waals surface area contributed by atoms with Gasteiger partial charge in [0.25, 0.3) is 0 Å². The largest absolute Gasteiger partial charge is 0.370 e. The van der Waals surface area contributed by atoms with Crippen LogP contribution < -0.4 is 33.6 Å². The van der Waals surface area contributed by atoms with Gasteiger partial charge in [-0.2, -0.15) is 0 Å². The van der Waals surface area contributed by atoms with Gasteiger partial charge in [0.1, 0.15) is 0 Å². The van der Waals surface area contributed by atoms with Crippen LogP contribution in [0.15, 0.2) is 9.98 Å². The van der Waals surface area contributed by atoms with E-state index >= 15 is 0 Å². The number of aliphatic imine (C=N–C) groups is 2. The number of Topliss-reactive ketones (excluding diaryl/α,β-unsaturated/α-hetero) is 2. The van der Waals surface area contributed by atoms with Crippen LogP contribution in [0, 0.1) is 0 Å². The Morgan fingerprint density at radius 3 is 0.779 bits per heavy atom. The minimum absolute atomic E-state index is 0.00112. The van der Waals surface area contributed by atoms with Crippen molar-refractivity contribution in [3.05, 3.63) is 0 Å². The maximum atomic E-state index is 12.9. The number of guanidine groups is 2. The number of rotatable bonds is 50. The summed E-state index contributed by atoms with van der Waals surface area (Å²) in [5.41, 5.74) is 21.6. The van der Waals surface area contributed by atoms with Crippen LogP contribution in [-0.4, -0.2) is 60.5 Å². The zero-order valence-corrected chi connectivity index (χ0v) is 45.1. The van der Waals surface area contributed by atoms with E-state index in [1.54, 1.807) is 0 Å². The van der Waals surface area contributed by atoms with Crippen molar-refractivity contribution in [3.63, 3.8) is 0 Å². The zero-order chi connectivity index (χ0) is 50.6. The van der Waals surface area contributed by atoms with E-state index in [0.717, 1.165) is 51.4 Å². The van der Waals surface area contributed by atoms with E-state index in [1.165, 1.54) is 167 Å². The second kappa shape index (κ2) is 53.2. The van der Waals surface area contributed by atoms with Crippen molar-refractivity contribution in [2.75, 3.05) is 13.1 Å². The lowest BCUT2D eigenvalue weighted by molar-refractivity contribution is -0.128. The molecule has 12 heteroatoms. The van der Waals surface area contributed by atoms with Crippen LogP contribution in [0.3, 0.4) is 0 Å². The summed E-state index contributed by atoms with van der Waals surface area (Å²) in [7, 11) is 0. The summed E-state index contributed by atoms with van der Waals surface area (Å²) in [6, 6.07) is -0.824.